The van der Waals surface area contributed by atoms with Crippen LogP contribution in [0.25, 0.3) is 0 Å². The topological polar surface area (TPSA) is 114 Å². The number of nitro groups is 1. The predicted octanol–water partition coefficient (Wildman–Crippen LogP) is 3.53. The summed E-state index contributed by atoms with van der Waals surface area (Å²) in [5, 5.41) is 26.0. The maximum atomic E-state index is 11.1. The Bertz CT molecular complexity index is 1370. The van der Waals surface area contributed by atoms with Crippen LogP contribution >= 0.6 is 18.6 Å². The second-order valence-electron chi connectivity index (χ2n) is 7.55. The number of nitrogens with one attached hydrogen (secondary N) is 3. The van der Waals surface area contributed by atoms with Crippen molar-refractivity contribution >= 4 is 46.3 Å². The fraction of sp³-hybridized carbons (Fsp3) is 0.143. The second kappa shape index (κ2) is 7.95. The fourth-order valence-electron chi connectivity index (χ4n) is 3.99. The molecule has 1 aromatic heterocycles. The van der Waals surface area contributed by atoms with Crippen molar-refractivity contribution in [3.05, 3.63) is 86.9 Å². The van der Waals surface area contributed by atoms with Gasteiger partial charge in [-0.3, -0.25) is 15.2 Å². The number of H-pyrrole nitrogens is 1. The van der Waals surface area contributed by atoms with Crippen molar-refractivity contribution < 1.29 is 14.4 Å². The van der Waals surface area contributed by atoms with Gasteiger partial charge < -0.3 is 19.6 Å². The standard InChI is InChI=1S/C21H18N5O4PS2/c1-11-16-17(12-3-5-13(6-4-12)26(27)28)18-20(30-19(16)23-22-11)24-31(33,25-21(18)32)15-9-7-14(29-2)8-10-15/h3-10,17H,1-2H3,(H,22,23)(H2,24,25,32,33). The Morgan fingerprint density at radius 3 is 2.48 bits per heavy atom. The minimum absolute atomic E-state index is 0.0154. The number of nitro benzene ring substituents is 1. The monoisotopic (exact) mass is 499 g/mol. The molecule has 5 rings (SSSR count). The number of non-ortho nitro benzene ring substituents is 1. The zero-order valence-corrected chi connectivity index (χ0v) is 20.0. The van der Waals surface area contributed by atoms with Crippen LogP contribution in [0.1, 0.15) is 22.7 Å². The van der Waals surface area contributed by atoms with Gasteiger partial charge >= 0.3 is 0 Å². The van der Waals surface area contributed by atoms with Gasteiger partial charge in [-0.1, -0.05) is 24.4 Å². The Morgan fingerprint density at radius 1 is 1.15 bits per heavy atom. The van der Waals surface area contributed by atoms with E-state index in [0.29, 0.717) is 22.3 Å². The highest BCUT2D eigenvalue weighted by molar-refractivity contribution is 8.17. The molecule has 0 fully saturated rings. The van der Waals surface area contributed by atoms with Crippen LogP contribution < -0.4 is 25.0 Å². The highest BCUT2D eigenvalue weighted by atomic mass is 32.4. The van der Waals surface area contributed by atoms with Crippen LogP contribution in [0.3, 0.4) is 0 Å². The zero-order chi connectivity index (χ0) is 23.3. The first-order chi connectivity index (χ1) is 15.8. The van der Waals surface area contributed by atoms with Gasteiger partial charge in [0.2, 0.25) is 11.8 Å². The SMILES string of the molecule is COc1ccc(P2(=S)NC(=S)C3=C(N2)Oc2n[nH]c(C)c2C3c2ccc([N+](=O)[O-])cc2)cc1. The molecule has 2 atom stereocenters. The summed E-state index contributed by atoms with van der Waals surface area (Å²) in [5.41, 5.74) is 3.20. The van der Waals surface area contributed by atoms with E-state index in [2.05, 4.69) is 20.4 Å². The number of ether oxygens (including phenoxy) is 2. The van der Waals surface area contributed by atoms with Crippen LogP contribution in [-0.4, -0.2) is 27.2 Å². The zero-order valence-electron chi connectivity index (χ0n) is 17.5. The van der Waals surface area contributed by atoms with E-state index in [-0.39, 0.29) is 11.6 Å². The lowest BCUT2D eigenvalue weighted by Gasteiger charge is -2.38. The Morgan fingerprint density at radius 2 is 1.85 bits per heavy atom. The summed E-state index contributed by atoms with van der Waals surface area (Å²) >= 11 is 11.8. The molecule has 2 unspecified atom stereocenters. The first kappa shape index (κ1) is 21.6. The predicted molar refractivity (Wildman–Crippen MR) is 132 cm³/mol. The van der Waals surface area contributed by atoms with E-state index >= 15 is 0 Å². The van der Waals surface area contributed by atoms with Crippen LogP contribution in [0.15, 0.2) is 60.0 Å². The Kier molecular flexibility index (Phi) is 5.19. The van der Waals surface area contributed by atoms with Crippen LogP contribution in [0, 0.1) is 17.0 Å². The van der Waals surface area contributed by atoms with Crippen molar-refractivity contribution in [1.82, 2.24) is 20.4 Å². The number of benzene rings is 2. The Balaban J connectivity index is 1.61. The van der Waals surface area contributed by atoms with Gasteiger partial charge in [0.05, 0.1) is 17.6 Å². The van der Waals surface area contributed by atoms with Crippen molar-refractivity contribution in [2.24, 2.45) is 0 Å². The number of hydrogen-bond acceptors (Lipinski definition) is 7. The van der Waals surface area contributed by atoms with E-state index in [9.17, 15) is 10.1 Å². The third kappa shape index (κ3) is 3.58. The lowest BCUT2D eigenvalue weighted by Crippen LogP contribution is -2.43. The lowest BCUT2D eigenvalue weighted by atomic mass is 9.83. The van der Waals surface area contributed by atoms with Crippen molar-refractivity contribution in [2.75, 3.05) is 7.11 Å². The molecule has 3 N–H and O–H groups in total. The van der Waals surface area contributed by atoms with Gasteiger partial charge in [0, 0.05) is 34.6 Å². The van der Waals surface area contributed by atoms with E-state index in [1.807, 2.05) is 31.2 Å². The van der Waals surface area contributed by atoms with E-state index in [4.69, 9.17) is 33.5 Å². The molecule has 12 heteroatoms. The summed E-state index contributed by atoms with van der Waals surface area (Å²) in [5.74, 6) is 1.25. The maximum absolute atomic E-state index is 11.1. The van der Waals surface area contributed by atoms with Crippen molar-refractivity contribution in [3.8, 4) is 11.6 Å². The second-order valence-corrected chi connectivity index (χ2v) is 11.8. The minimum Gasteiger partial charge on any atom is -0.497 e. The molecule has 9 nitrogen and oxygen atoms in total. The average Bonchev–Trinajstić information content (AvgIpc) is 3.18. The molecule has 2 aromatic carbocycles. The molecule has 3 aromatic rings. The molecule has 0 bridgehead atoms. The lowest BCUT2D eigenvalue weighted by molar-refractivity contribution is -0.384. The van der Waals surface area contributed by atoms with Crippen molar-refractivity contribution in [2.45, 2.75) is 12.8 Å². The first-order valence-corrected chi connectivity index (χ1v) is 13.1. The number of methoxy groups -OCH3 is 1. The Labute approximate surface area is 199 Å². The van der Waals surface area contributed by atoms with Crippen molar-refractivity contribution in [1.29, 1.82) is 0 Å². The third-order valence-electron chi connectivity index (χ3n) is 5.62. The molecular weight excluding hydrogens is 481 g/mol. The van der Waals surface area contributed by atoms with E-state index < -0.39 is 11.3 Å². The highest BCUT2D eigenvalue weighted by Gasteiger charge is 2.42. The van der Waals surface area contributed by atoms with E-state index in [1.54, 1.807) is 19.2 Å². The fourth-order valence-corrected chi connectivity index (χ4v) is 7.42. The van der Waals surface area contributed by atoms with Gasteiger partial charge in [-0.15, -0.1) is 5.10 Å². The number of thiocarbonyl (C=S) groups is 1. The summed E-state index contributed by atoms with van der Waals surface area (Å²) < 4.78 is 11.4. The smallest absolute Gasteiger partial charge is 0.269 e. The molecule has 3 heterocycles. The number of nitrogens with zero attached hydrogens (tertiary/aromatic N) is 2. The summed E-state index contributed by atoms with van der Waals surface area (Å²) in [6.07, 6.45) is -2.56. The maximum Gasteiger partial charge on any atom is 0.269 e. The molecule has 0 amide bonds. The van der Waals surface area contributed by atoms with Gasteiger partial charge in [-0.2, -0.15) is 0 Å². The van der Waals surface area contributed by atoms with Gasteiger partial charge in [0.25, 0.3) is 5.69 Å². The number of aryl methyl sites for hydroxylation is 1. The Hall–Kier alpha value is -3.27. The van der Waals surface area contributed by atoms with E-state index in [0.717, 1.165) is 27.9 Å². The molecule has 0 saturated carbocycles. The van der Waals surface area contributed by atoms with Crippen molar-refractivity contribution in [3.63, 3.8) is 0 Å². The summed E-state index contributed by atoms with van der Waals surface area (Å²) in [6, 6.07) is 13.9. The first-order valence-electron chi connectivity index (χ1n) is 9.87. The van der Waals surface area contributed by atoms with Crippen LogP contribution in [-0.2, 0) is 11.8 Å². The largest absolute Gasteiger partial charge is 0.497 e. The molecule has 2 aliphatic heterocycles. The number of aromatic amines is 1. The summed E-state index contributed by atoms with van der Waals surface area (Å²) in [7, 11) is 1.61. The summed E-state index contributed by atoms with van der Waals surface area (Å²) in [6.45, 7) is 1.90. The number of aromatic nitrogens is 2. The van der Waals surface area contributed by atoms with Gasteiger partial charge in [0.1, 0.15) is 10.7 Å². The molecule has 0 saturated heterocycles. The molecule has 2 aliphatic rings. The number of fused-ring (bicyclic) bond motifs is 1. The molecule has 168 valence electrons. The molecule has 0 radical (unpaired) electrons. The van der Waals surface area contributed by atoms with Gasteiger partial charge in [-0.05, 0) is 48.6 Å². The molecule has 0 spiro atoms. The number of hydrogen-bond donors (Lipinski definition) is 3. The van der Waals surface area contributed by atoms with Gasteiger partial charge in [0.15, 0.2) is 6.34 Å². The third-order valence-corrected chi connectivity index (χ3v) is 9.35. The molecule has 0 aliphatic carbocycles. The van der Waals surface area contributed by atoms with Crippen LogP contribution in [0.2, 0.25) is 0 Å². The quantitative estimate of drug-likeness (QED) is 0.215. The van der Waals surface area contributed by atoms with Crippen LogP contribution in [0.5, 0.6) is 11.6 Å². The number of rotatable bonds is 4. The normalized spacial score (nSPS) is 21.3. The highest BCUT2D eigenvalue weighted by Crippen LogP contribution is 2.50. The molecule has 33 heavy (non-hydrogen) atoms. The molecular formula is C21H18N5O4PS2. The minimum atomic E-state index is -2.56. The summed E-state index contributed by atoms with van der Waals surface area (Å²) in [4.78, 5) is 11.2. The van der Waals surface area contributed by atoms with Crippen LogP contribution in [0.4, 0.5) is 5.69 Å². The van der Waals surface area contributed by atoms with Gasteiger partial charge in [-0.25, -0.2) is 0 Å². The van der Waals surface area contributed by atoms with E-state index in [1.165, 1.54) is 12.1 Å². The average molecular weight is 500 g/mol.